The van der Waals surface area contributed by atoms with Crippen molar-refractivity contribution < 1.29 is 18.7 Å². The van der Waals surface area contributed by atoms with Gasteiger partial charge in [-0.05, 0) is 27.7 Å². The third kappa shape index (κ3) is 5.54. The quantitative estimate of drug-likeness (QED) is 0.621. The number of halogens is 3. The zero-order valence-corrected chi connectivity index (χ0v) is 12.6. The SMILES string of the molecule is CC(C)OP(=O)(OC(C)C)[C@@H](O)C(Cl)(Cl)Cl. The molecule has 0 aliphatic carbocycles. The van der Waals surface area contributed by atoms with Gasteiger partial charge in [0.15, 0.2) is 0 Å². The second-order valence-electron chi connectivity index (χ2n) is 3.76. The molecule has 0 heterocycles. The first-order valence-corrected chi connectivity index (χ1v) is 7.45. The molecule has 0 rings (SSSR count). The molecule has 0 aromatic carbocycles. The normalized spacial score (nSPS) is 15.9. The Morgan fingerprint density at radius 2 is 1.38 bits per heavy atom. The number of rotatable bonds is 5. The molecule has 0 spiro atoms. The highest BCUT2D eigenvalue weighted by Crippen LogP contribution is 2.60. The van der Waals surface area contributed by atoms with Gasteiger partial charge in [-0.3, -0.25) is 4.57 Å². The summed E-state index contributed by atoms with van der Waals surface area (Å²) in [5, 5.41) is 9.69. The van der Waals surface area contributed by atoms with Crippen LogP contribution < -0.4 is 0 Å². The Bertz CT molecular complexity index is 250. The van der Waals surface area contributed by atoms with Gasteiger partial charge in [0.1, 0.15) is 0 Å². The van der Waals surface area contributed by atoms with Crippen molar-refractivity contribution in [2.75, 3.05) is 0 Å². The van der Waals surface area contributed by atoms with Crippen molar-refractivity contribution in [3.05, 3.63) is 0 Å². The Balaban J connectivity index is 5.00. The number of aliphatic hydroxyl groups is 1. The Morgan fingerprint density at radius 3 is 1.56 bits per heavy atom. The Hall–Kier alpha value is 0.980. The van der Waals surface area contributed by atoms with E-state index < -0.39 is 29.4 Å². The number of alkyl halides is 3. The first kappa shape index (κ1) is 17.0. The van der Waals surface area contributed by atoms with Gasteiger partial charge in [0.25, 0.3) is 0 Å². The smallest absolute Gasteiger partial charge is 0.363 e. The van der Waals surface area contributed by atoms with Gasteiger partial charge in [0.05, 0.1) is 12.2 Å². The van der Waals surface area contributed by atoms with Gasteiger partial charge in [-0.2, -0.15) is 0 Å². The van der Waals surface area contributed by atoms with Crippen LogP contribution in [0, 0.1) is 0 Å². The van der Waals surface area contributed by atoms with Gasteiger partial charge < -0.3 is 14.2 Å². The van der Waals surface area contributed by atoms with Gasteiger partial charge >= 0.3 is 7.60 Å². The summed E-state index contributed by atoms with van der Waals surface area (Å²) in [4.78, 5) is 0. The first-order chi connectivity index (χ1) is 6.99. The molecule has 1 atom stereocenters. The summed E-state index contributed by atoms with van der Waals surface area (Å²) < 4.78 is 20.2. The molecule has 0 fully saturated rings. The van der Waals surface area contributed by atoms with E-state index in [2.05, 4.69) is 0 Å². The van der Waals surface area contributed by atoms with E-state index in [-0.39, 0.29) is 0 Å². The van der Waals surface area contributed by atoms with E-state index in [1.807, 2.05) is 0 Å². The fraction of sp³-hybridized carbons (Fsp3) is 1.00. The molecular weight excluding hydrogens is 297 g/mol. The minimum atomic E-state index is -3.88. The highest BCUT2D eigenvalue weighted by molar-refractivity contribution is 7.55. The van der Waals surface area contributed by atoms with Crippen LogP contribution in [0.2, 0.25) is 0 Å². The maximum absolute atomic E-state index is 12.2. The van der Waals surface area contributed by atoms with Gasteiger partial charge in [0, 0.05) is 0 Å². The average molecular weight is 314 g/mol. The fourth-order valence-corrected chi connectivity index (χ4v) is 3.80. The molecule has 0 unspecified atom stereocenters. The summed E-state index contributed by atoms with van der Waals surface area (Å²) in [5.74, 6) is -1.82. The van der Waals surface area contributed by atoms with Crippen LogP contribution in [-0.2, 0) is 13.6 Å². The van der Waals surface area contributed by atoms with Crippen molar-refractivity contribution in [3.8, 4) is 0 Å². The second kappa shape index (κ2) is 6.24. The Labute approximate surface area is 111 Å². The molecule has 16 heavy (non-hydrogen) atoms. The molecular formula is C8H16Cl3O4P. The summed E-state index contributed by atoms with van der Waals surface area (Å²) >= 11 is 16.5. The maximum Gasteiger partial charge on any atom is 0.363 e. The van der Waals surface area contributed by atoms with Crippen LogP contribution >= 0.6 is 42.4 Å². The van der Waals surface area contributed by atoms with E-state index in [0.717, 1.165) is 0 Å². The molecule has 0 aromatic rings. The lowest BCUT2D eigenvalue weighted by molar-refractivity contribution is 0.102. The molecule has 0 aliphatic heterocycles. The van der Waals surface area contributed by atoms with E-state index in [0.29, 0.717) is 0 Å². The molecule has 0 radical (unpaired) electrons. The maximum atomic E-state index is 12.2. The molecule has 0 bridgehead atoms. The molecule has 8 heteroatoms. The average Bonchev–Trinajstić information content (AvgIpc) is 1.97. The second-order valence-corrected chi connectivity index (χ2v) is 8.12. The van der Waals surface area contributed by atoms with Crippen LogP contribution in [0.4, 0.5) is 0 Å². The van der Waals surface area contributed by atoms with Crippen LogP contribution in [0.25, 0.3) is 0 Å². The van der Waals surface area contributed by atoms with Crippen LogP contribution in [0.3, 0.4) is 0 Å². The predicted octanol–water partition coefficient (Wildman–Crippen LogP) is 3.72. The van der Waals surface area contributed by atoms with Gasteiger partial charge in [-0.1, -0.05) is 34.8 Å². The molecule has 0 saturated carbocycles. The summed E-state index contributed by atoms with van der Waals surface area (Å²) in [6.45, 7) is 6.56. The van der Waals surface area contributed by atoms with Crippen molar-refractivity contribution >= 4 is 42.4 Å². The number of aliphatic hydroxyl groups excluding tert-OH is 1. The summed E-state index contributed by atoms with van der Waals surface area (Å²) in [5.41, 5.74) is 0. The van der Waals surface area contributed by atoms with Gasteiger partial charge in [-0.15, -0.1) is 0 Å². The third-order valence-corrected chi connectivity index (χ3v) is 4.80. The van der Waals surface area contributed by atoms with Gasteiger partial charge in [-0.25, -0.2) is 0 Å². The van der Waals surface area contributed by atoms with Crippen molar-refractivity contribution in [1.29, 1.82) is 0 Å². The summed E-state index contributed by atoms with van der Waals surface area (Å²) in [7, 11) is -3.88. The topological polar surface area (TPSA) is 55.8 Å². The van der Waals surface area contributed by atoms with Crippen molar-refractivity contribution in [3.63, 3.8) is 0 Å². The minimum Gasteiger partial charge on any atom is -0.377 e. The largest absolute Gasteiger partial charge is 0.377 e. The third-order valence-electron chi connectivity index (χ3n) is 1.31. The molecule has 4 nitrogen and oxygen atoms in total. The monoisotopic (exact) mass is 312 g/mol. The first-order valence-electron chi connectivity index (χ1n) is 4.70. The standard InChI is InChI=1S/C8H16Cl3O4P/c1-5(2)14-16(13,15-6(3)4)7(12)8(9,10)11/h5-7,12H,1-4H3/t7-/m1/s1. The van der Waals surface area contributed by atoms with Gasteiger partial charge in [0.2, 0.25) is 9.64 Å². The highest BCUT2D eigenvalue weighted by Gasteiger charge is 2.48. The lowest BCUT2D eigenvalue weighted by Gasteiger charge is -2.29. The number of hydrogen-bond acceptors (Lipinski definition) is 4. The van der Waals surface area contributed by atoms with Crippen LogP contribution in [0.15, 0.2) is 0 Å². The Morgan fingerprint density at radius 1 is 1.06 bits per heavy atom. The van der Waals surface area contributed by atoms with E-state index in [1.54, 1.807) is 27.7 Å². The van der Waals surface area contributed by atoms with Crippen molar-refractivity contribution in [1.82, 2.24) is 0 Å². The molecule has 0 saturated heterocycles. The van der Waals surface area contributed by atoms with Crippen molar-refractivity contribution in [2.45, 2.75) is 49.5 Å². The predicted molar refractivity (Wildman–Crippen MR) is 66.3 cm³/mol. The minimum absolute atomic E-state index is 0.424. The molecule has 0 aliphatic rings. The Kier molecular flexibility index (Phi) is 6.62. The lowest BCUT2D eigenvalue weighted by Crippen LogP contribution is -2.29. The highest BCUT2D eigenvalue weighted by atomic mass is 35.6. The van der Waals surface area contributed by atoms with E-state index in [4.69, 9.17) is 43.9 Å². The fourth-order valence-electron chi connectivity index (χ4n) is 0.907. The lowest BCUT2D eigenvalue weighted by atomic mass is 10.5. The molecule has 1 N–H and O–H groups in total. The van der Waals surface area contributed by atoms with Crippen LogP contribution in [0.5, 0.6) is 0 Å². The van der Waals surface area contributed by atoms with E-state index >= 15 is 0 Å². The summed E-state index contributed by atoms with van der Waals surface area (Å²) in [6, 6.07) is 0. The van der Waals surface area contributed by atoms with E-state index in [9.17, 15) is 9.67 Å². The molecule has 0 aromatic heterocycles. The van der Waals surface area contributed by atoms with Crippen LogP contribution in [0.1, 0.15) is 27.7 Å². The number of hydrogen-bond donors (Lipinski definition) is 1. The zero-order chi connectivity index (χ0) is 13.1. The van der Waals surface area contributed by atoms with E-state index in [1.165, 1.54) is 0 Å². The van der Waals surface area contributed by atoms with Crippen LogP contribution in [-0.4, -0.2) is 27.0 Å². The molecule has 98 valence electrons. The molecule has 0 amide bonds. The zero-order valence-electron chi connectivity index (χ0n) is 9.49. The summed E-state index contributed by atoms with van der Waals surface area (Å²) in [6.07, 6.45) is -0.849. The van der Waals surface area contributed by atoms with Crippen molar-refractivity contribution in [2.24, 2.45) is 0 Å².